The molecule has 0 amide bonds. The van der Waals surface area contributed by atoms with Gasteiger partial charge in [0.1, 0.15) is 11.6 Å². The molecule has 0 aliphatic carbocycles. The standard InChI is InChI=1S/C21H24N3OS2/c1-4-23-13-9-8-10-16(23)14-19-24(5-2)15-25-21(27-19)20-22(3)17-11-6-7-12-18(17)26-20/h6-14H,4-5,15H2,1-3H3/q+1/b21-20+. The van der Waals surface area contributed by atoms with Gasteiger partial charge < -0.3 is 14.5 Å². The van der Waals surface area contributed by atoms with Crippen molar-refractivity contribution in [1.82, 2.24) is 4.90 Å². The van der Waals surface area contributed by atoms with Crippen molar-refractivity contribution >= 4 is 35.3 Å². The molecule has 27 heavy (non-hydrogen) atoms. The van der Waals surface area contributed by atoms with Gasteiger partial charge in [-0.25, -0.2) is 0 Å². The van der Waals surface area contributed by atoms with E-state index in [1.54, 1.807) is 23.5 Å². The van der Waals surface area contributed by atoms with Crippen LogP contribution in [0.25, 0.3) is 6.08 Å². The molecule has 0 spiro atoms. The van der Waals surface area contributed by atoms with Crippen molar-refractivity contribution in [3.05, 3.63) is 69.5 Å². The molecule has 6 heteroatoms. The van der Waals surface area contributed by atoms with Gasteiger partial charge in [0.2, 0.25) is 5.69 Å². The van der Waals surface area contributed by atoms with Crippen LogP contribution >= 0.6 is 23.5 Å². The van der Waals surface area contributed by atoms with Gasteiger partial charge in [-0.3, -0.25) is 0 Å². The Labute approximate surface area is 169 Å². The first kappa shape index (κ1) is 18.3. The number of rotatable bonds is 3. The summed E-state index contributed by atoms with van der Waals surface area (Å²) in [5.41, 5.74) is 2.45. The van der Waals surface area contributed by atoms with Crippen molar-refractivity contribution < 1.29 is 9.30 Å². The Morgan fingerprint density at radius 2 is 1.93 bits per heavy atom. The molecule has 0 radical (unpaired) electrons. The molecule has 0 saturated carbocycles. The van der Waals surface area contributed by atoms with Crippen LogP contribution < -0.4 is 9.47 Å². The Kier molecular flexibility index (Phi) is 5.36. The second-order valence-corrected chi connectivity index (χ2v) is 8.37. The topological polar surface area (TPSA) is 19.6 Å². The van der Waals surface area contributed by atoms with Crippen LogP contribution in [-0.2, 0) is 11.3 Å². The Bertz CT molecular complexity index is 910. The molecular weight excluding hydrogens is 374 g/mol. The molecule has 4 rings (SSSR count). The van der Waals surface area contributed by atoms with Crippen molar-refractivity contribution in [2.45, 2.75) is 25.3 Å². The number of nitrogens with zero attached hydrogens (tertiary/aromatic N) is 3. The number of aromatic nitrogens is 1. The predicted octanol–water partition coefficient (Wildman–Crippen LogP) is 4.70. The van der Waals surface area contributed by atoms with E-state index in [0.717, 1.165) is 18.2 Å². The van der Waals surface area contributed by atoms with Gasteiger partial charge in [-0.1, -0.05) is 23.9 Å². The van der Waals surface area contributed by atoms with Crippen LogP contribution in [0.1, 0.15) is 19.5 Å². The number of para-hydroxylation sites is 1. The molecule has 0 unspecified atom stereocenters. The molecule has 3 heterocycles. The van der Waals surface area contributed by atoms with E-state index in [4.69, 9.17) is 4.74 Å². The number of ether oxygens (including phenoxy) is 1. The van der Waals surface area contributed by atoms with E-state index >= 15 is 0 Å². The second kappa shape index (κ2) is 7.90. The van der Waals surface area contributed by atoms with Crippen molar-refractivity contribution in [2.75, 3.05) is 25.2 Å². The number of hydrogen-bond donors (Lipinski definition) is 0. The van der Waals surface area contributed by atoms with E-state index in [9.17, 15) is 0 Å². The van der Waals surface area contributed by atoms with E-state index < -0.39 is 0 Å². The van der Waals surface area contributed by atoms with E-state index in [0.29, 0.717) is 6.73 Å². The Morgan fingerprint density at radius 3 is 2.70 bits per heavy atom. The highest BCUT2D eigenvalue weighted by atomic mass is 32.2. The van der Waals surface area contributed by atoms with Crippen LogP contribution in [0.2, 0.25) is 0 Å². The zero-order valence-electron chi connectivity index (χ0n) is 15.9. The summed E-state index contributed by atoms with van der Waals surface area (Å²) < 4.78 is 8.41. The molecular formula is C21H24N3OS2+. The first-order valence-corrected chi connectivity index (χ1v) is 10.8. The average Bonchev–Trinajstić information content (AvgIpc) is 3.05. The summed E-state index contributed by atoms with van der Waals surface area (Å²) in [7, 11) is 2.11. The van der Waals surface area contributed by atoms with E-state index in [-0.39, 0.29) is 0 Å². The Hall–Kier alpha value is -2.05. The fourth-order valence-corrected chi connectivity index (χ4v) is 5.49. The minimum Gasteiger partial charge on any atom is -0.464 e. The van der Waals surface area contributed by atoms with Crippen molar-refractivity contribution in [2.24, 2.45) is 0 Å². The fraction of sp³-hybridized carbons (Fsp3) is 0.286. The van der Waals surface area contributed by atoms with Gasteiger partial charge in [0.15, 0.2) is 18.0 Å². The maximum atomic E-state index is 6.15. The number of pyridine rings is 1. The van der Waals surface area contributed by atoms with Crippen LogP contribution in [0.15, 0.2) is 68.7 Å². The summed E-state index contributed by atoms with van der Waals surface area (Å²) in [6, 6.07) is 14.8. The summed E-state index contributed by atoms with van der Waals surface area (Å²) in [6.07, 6.45) is 4.40. The molecule has 1 aromatic heterocycles. The normalized spacial score (nSPS) is 20.8. The number of benzene rings is 1. The van der Waals surface area contributed by atoms with E-state index in [1.165, 1.54) is 26.3 Å². The van der Waals surface area contributed by atoms with Gasteiger partial charge >= 0.3 is 0 Å². The number of thioether (sulfide) groups is 2. The third-order valence-corrected chi connectivity index (χ3v) is 7.17. The summed E-state index contributed by atoms with van der Waals surface area (Å²) in [5.74, 6) is 0. The highest BCUT2D eigenvalue weighted by molar-refractivity contribution is 8.09. The summed E-state index contributed by atoms with van der Waals surface area (Å²) in [6.45, 7) is 6.79. The van der Waals surface area contributed by atoms with Crippen LogP contribution in [0, 0.1) is 0 Å². The Balaban J connectivity index is 1.68. The van der Waals surface area contributed by atoms with Crippen molar-refractivity contribution in [1.29, 1.82) is 0 Å². The van der Waals surface area contributed by atoms with E-state index in [2.05, 4.69) is 90.0 Å². The Morgan fingerprint density at radius 1 is 1.11 bits per heavy atom. The SMILES string of the molecule is CCN1CO/C(=C2\Sc3ccccc3N2C)S/C1=C\c1cccc[n+]1CC. The molecule has 2 aromatic rings. The molecule has 0 bridgehead atoms. The minimum atomic E-state index is 0.581. The monoisotopic (exact) mass is 398 g/mol. The zero-order valence-corrected chi connectivity index (χ0v) is 17.5. The van der Waals surface area contributed by atoms with Gasteiger partial charge in [0.25, 0.3) is 0 Å². The molecule has 0 atom stereocenters. The van der Waals surface area contributed by atoms with Gasteiger partial charge in [0, 0.05) is 36.7 Å². The number of anilines is 1. The molecule has 2 aliphatic heterocycles. The largest absolute Gasteiger partial charge is 0.464 e. The maximum absolute atomic E-state index is 6.15. The van der Waals surface area contributed by atoms with E-state index in [1.807, 2.05) is 0 Å². The van der Waals surface area contributed by atoms with Crippen molar-refractivity contribution in [3.8, 4) is 0 Å². The fourth-order valence-electron chi connectivity index (χ4n) is 3.18. The highest BCUT2D eigenvalue weighted by Crippen LogP contribution is 2.50. The zero-order chi connectivity index (χ0) is 18.8. The van der Waals surface area contributed by atoms with Gasteiger partial charge in [-0.05, 0) is 43.8 Å². The lowest BCUT2D eigenvalue weighted by atomic mass is 10.3. The predicted molar refractivity (Wildman–Crippen MR) is 114 cm³/mol. The van der Waals surface area contributed by atoms with Crippen LogP contribution in [0.5, 0.6) is 0 Å². The van der Waals surface area contributed by atoms with Crippen LogP contribution in [-0.4, -0.2) is 25.2 Å². The summed E-state index contributed by atoms with van der Waals surface area (Å²) in [4.78, 5) is 5.78. The first-order valence-electron chi connectivity index (χ1n) is 9.22. The lowest BCUT2D eigenvalue weighted by Gasteiger charge is -2.32. The third kappa shape index (κ3) is 3.56. The first-order chi connectivity index (χ1) is 13.2. The van der Waals surface area contributed by atoms with Crippen LogP contribution in [0.4, 0.5) is 5.69 Å². The minimum absolute atomic E-state index is 0.581. The van der Waals surface area contributed by atoms with Gasteiger partial charge in [-0.2, -0.15) is 4.57 Å². The summed E-state index contributed by atoms with van der Waals surface area (Å²) >= 11 is 3.50. The third-order valence-electron chi connectivity index (χ3n) is 4.74. The molecule has 2 aliphatic rings. The smallest absolute Gasteiger partial charge is 0.207 e. The van der Waals surface area contributed by atoms with Gasteiger partial charge in [0.05, 0.1) is 10.7 Å². The molecule has 1 saturated heterocycles. The molecule has 0 N–H and O–H groups in total. The lowest BCUT2D eigenvalue weighted by Crippen LogP contribution is -2.36. The van der Waals surface area contributed by atoms with Gasteiger partial charge in [-0.15, -0.1) is 0 Å². The molecule has 1 aromatic carbocycles. The average molecular weight is 399 g/mol. The quantitative estimate of drug-likeness (QED) is 0.696. The summed E-state index contributed by atoms with van der Waals surface area (Å²) in [5, 5.41) is 3.37. The lowest BCUT2D eigenvalue weighted by molar-refractivity contribution is -0.695. The van der Waals surface area contributed by atoms with Crippen molar-refractivity contribution in [3.63, 3.8) is 0 Å². The molecule has 1 fully saturated rings. The number of fused-ring (bicyclic) bond motifs is 1. The van der Waals surface area contributed by atoms with Crippen LogP contribution in [0.3, 0.4) is 0 Å². The number of hydrogen-bond acceptors (Lipinski definition) is 5. The number of aryl methyl sites for hydroxylation is 1. The maximum Gasteiger partial charge on any atom is 0.207 e. The second-order valence-electron chi connectivity index (χ2n) is 6.35. The molecule has 140 valence electrons. The molecule has 4 nitrogen and oxygen atoms in total. The highest BCUT2D eigenvalue weighted by Gasteiger charge is 2.30.